The first kappa shape index (κ1) is 23.5. The van der Waals surface area contributed by atoms with Crippen LogP contribution in [0.2, 0.25) is 0 Å². The van der Waals surface area contributed by atoms with Crippen LogP contribution in [-0.2, 0) is 0 Å². The molecule has 190 valence electrons. The largest absolute Gasteiger partial charge is 0.352 e. The first-order valence-electron chi connectivity index (χ1n) is 13.0. The van der Waals surface area contributed by atoms with Crippen LogP contribution in [0.1, 0.15) is 53.7 Å². The Morgan fingerprint density at radius 1 is 0.821 bits per heavy atom. The number of ketones is 3. The van der Waals surface area contributed by atoms with Crippen LogP contribution in [0.5, 0.6) is 0 Å². The lowest BCUT2D eigenvalue weighted by Gasteiger charge is -2.37. The van der Waals surface area contributed by atoms with Gasteiger partial charge in [-0.05, 0) is 35.7 Å². The highest BCUT2D eigenvalue weighted by atomic mass is 19.1. The van der Waals surface area contributed by atoms with E-state index in [9.17, 15) is 14.4 Å². The minimum absolute atomic E-state index is 0.193. The third-order valence-electron chi connectivity index (χ3n) is 8.53. The Hall–Kier alpha value is -4.64. The number of fused-ring (bicyclic) bond motifs is 5. The van der Waals surface area contributed by atoms with Gasteiger partial charge in [-0.3, -0.25) is 14.4 Å². The number of hydrogen-bond acceptors (Lipinski definition) is 4. The lowest BCUT2D eigenvalue weighted by atomic mass is 9.64. The van der Waals surface area contributed by atoms with Crippen molar-refractivity contribution in [3.63, 3.8) is 0 Å². The van der Waals surface area contributed by atoms with Crippen LogP contribution in [0.25, 0.3) is 6.08 Å². The van der Waals surface area contributed by atoms with E-state index in [1.807, 2.05) is 48.2 Å². The maximum Gasteiger partial charge on any atom is 0.185 e. The fourth-order valence-corrected chi connectivity index (χ4v) is 6.92. The van der Waals surface area contributed by atoms with Crippen LogP contribution in [0.3, 0.4) is 0 Å². The zero-order valence-electron chi connectivity index (χ0n) is 21.2. The van der Waals surface area contributed by atoms with Gasteiger partial charge < -0.3 is 4.90 Å². The molecular weight excluding hydrogens is 489 g/mol. The number of rotatable bonds is 3. The second kappa shape index (κ2) is 8.43. The summed E-state index contributed by atoms with van der Waals surface area (Å²) in [6.45, 7) is 1.96. The highest BCUT2D eigenvalue weighted by Crippen LogP contribution is 2.61. The van der Waals surface area contributed by atoms with Crippen molar-refractivity contribution in [2.75, 3.05) is 4.90 Å². The predicted molar refractivity (Wildman–Crippen MR) is 148 cm³/mol. The van der Waals surface area contributed by atoms with Crippen molar-refractivity contribution in [1.29, 1.82) is 0 Å². The number of benzene rings is 4. The summed E-state index contributed by atoms with van der Waals surface area (Å²) in [4.78, 5) is 45.5. The molecule has 3 atom stereocenters. The van der Waals surface area contributed by atoms with Gasteiger partial charge in [-0.15, -0.1) is 0 Å². The van der Waals surface area contributed by atoms with Crippen LogP contribution < -0.4 is 4.90 Å². The molecule has 0 radical (unpaired) electrons. The lowest BCUT2D eigenvalue weighted by molar-refractivity contribution is 0.0664. The number of hydrogen-bond donors (Lipinski definition) is 0. The number of carbonyl (C=O) groups excluding carboxylic acids is 3. The molecule has 1 spiro atoms. The second-order valence-electron chi connectivity index (χ2n) is 10.5. The smallest absolute Gasteiger partial charge is 0.185 e. The summed E-state index contributed by atoms with van der Waals surface area (Å²) < 4.78 is 15.8. The van der Waals surface area contributed by atoms with Gasteiger partial charge in [-0.2, -0.15) is 0 Å². The van der Waals surface area contributed by atoms with Gasteiger partial charge in [-0.25, -0.2) is 4.39 Å². The molecule has 4 aromatic carbocycles. The summed E-state index contributed by atoms with van der Waals surface area (Å²) in [6, 6.07) is 26.0. The van der Waals surface area contributed by atoms with Crippen LogP contribution in [0.15, 0.2) is 103 Å². The molecule has 0 unspecified atom stereocenters. The summed E-state index contributed by atoms with van der Waals surface area (Å²) >= 11 is 0. The van der Waals surface area contributed by atoms with Crippen LogP contribution in [-0.4, -0.2) is 29.4 Å². The van der Waals surface area contributed by atoms with Crippen molar-refractivity contribution >= 4 is 29.1 Å². The van der Waals surface area contributed by atoms with Crippen molar-refractivity contribution in [2.45, 2.75) is 24.9 Å². The molecule has 0 N–H and O–H groups in total. The van der Waals surface area contributed by atoms with Crippen molar-refractivity contribution in [3.8, 4) is 0 Å². The average molecular weight is 514 g/mol. The first-order chi connectivity index (χ1) is 18.9. The highest BCUT2D eigenvalue weighted by molar-refractivity contribution is 6.32. The normalized spacial score (nSPS) is 22.1. The van der Waals surface area contributed by atoms with E-state index < -0.39 is 29.2 Å². The Bertz CT molecular complexity index is 1690. The van der Waals surface area contributed by atoms with E-state index in [1.54, 1.807) is 66.7 Å². The zero-order chi connectivity index (χ0) is 26.9. The van der Waals surface area contributed by atoms with Gasteiger partial charge in [0.25, 0.3) is 0 Å². The van der Waals surface area contributed by atoms with E-state index in [-0.39, 0.29) is 22.9 Å². The Balaban J connectivity index is 1.58. The van der Waals surface area contributed by atoms with Crippen molar-refractivity contribution < 1.29 is 18.8 Å². The molecule has 0 bridgehead atoms. The summed E-state index contributed by atoms with van der Waals surface area (Å²) in [6.07, 6.45) is 3.76. The number of anilines is 1. The van der Waals surface area contributed by atoms with E-state index in [1.165, 1.54) is 6.07 Å². The van der Waals surface area contributed by atoms with Crippen LogP contribution in [0.4, 0.5) is 10.1 Å². The summed E-state index contributed by atoms with van der Waals surface area (Å²) in [5.41, 5.74) is 2.18. The summed E-state index contributed by atoms with van der Waals surface area (Å²) in [5.74, 6) is -2.59. The molecule has 1 aliphatic carbocycles. The fourth-order valence-electron chi connectivity index (χ4n) is 6.92. The van der Waals surface area contributed by atoms with Crippen molar-refractivity contribution in [2.24, 2.45) is 5.41 Å². The minimum Gasteiger partial charge on any atom is -0.352 e. The highest BCUT2D eigenvalue weighted by Gasteiger charge is 2.71. The molecule has 0 aromatic heterocycles. The maximum absolute atomic E-state index is 15.8. The molecule has 1 fully saturated rings. The summed E-state index contributed by atoms with van der Waals surface area (Å²) in [7, 11) is 0. The lowest BCUT2D eigenvalue weighted by Crippen LogP contribution is -2.48. The van der Waals surface area contributed by atoms with Gasteiger partial charge in [0.15, 0.2) is 17.3 Å². The molecule has 0 amide bonds. The molecule has 5 heteroatoms. The topological polar surface area (TPSA) is 54.5 Å². The molecule has 0 saturated carbocycles. The van der Waals surface area contributed by atoms with Crippen molar-refractivity contribution in [1.82, 2.24) is 0 Å². The van der Waals surface area contributed by atoms with E-state index in [0.29, 0.717) is 16.7 Å². The number of carbonyl (C=O) groups is 3. The minimum atomic E-state index is -1.71. The van der Waals surface area contributed by atoms with Crippen LogP contribution in [0, 0.1) is 18.2 Å². The number of halogens is 1. The van der Waals surface area contributed by atoms with E-state index >= 15 is 4.39 Å². The Morgan fingerprint density at radius 2 is 1.46 bits per heavy atom. The first-order valence-corrected chi connectivity index (χ1v) is 13.0. The third-order valence-corrected chi connectivity index (χ3v) is 8.53. The van der Waals surface area contributed by atoms with Gasteiger partial charge in [0.1, 0.15) is 17.3 Å². The number of Topliss-reactive ketones (excluding diaryl/α,β-unsaturated/α-hetero) is 3. The molecule has 4 nitrogen and oxygen atoms in total. The van der Waals surface area contributed by atoms with Gasteiger partial charge in [0, 0.05) is 28.3 Å². The second-order valence-corrected chi connectivity index (χ2v) is 10.5. The molecule has 39 heavy (non-hydrogen) atoms. The molecule has 7 rings (SSSR count). The quantitative estimate of drug-likeness (QED) is 0.233. The molecule has 2 heterocycles. The van der Waals surface area contributed by atoms with Gasteiger partial charge >= 0.3 is 0 Å². The van der Waals surface area contributed by atoms with Gasteiger partial charge in [-0.1, -0.05) is 97.1 Å². The molecular formula is C34H24FNO3. The standard InChI is InChI=1S/C34H24FNO3/c1-20-15-16-21-17-18-28-34(32(38)23-11-5-6-12-24(23)33(34)39)29(25-13-7-8-14-26(25)35)30(36(28)27(21)19-20)31(37)22-9-3-2-4-10-22/h2-19,28-30H,1H3/t28-,29+,30-/m1/s1. The predicted octanol–water partition coefficient (Wildman–Crippen LogP) is 6.45. The molecule has 1 saturated heterocycles. The number of nitrogens with zero attached hydrogens (tertiary/aromatic N) is 1. The van der Waals surface area contributed by atoms with Crippen molar-refractivity contribution in [3.05, 3.63) is 142 Å². The zero-order valence-corrected chi connectivity index (χ0v) is 21.2. The molecule has 2 aliphatic heterocycles. The van der Waals surface area contributed by atoms with E-state index in [4.69, 9.17) is 0 Å². The fraction of sp³-hybridized carbons (Fsp3) is 0.147. The molecule has 3 aliphatic rings. The SMILES string of the molecule is Cc1ccc2c(c1)N1[C@@H](C(=O)c3ccccc3)[C@H](c3ccccc3F)C3(C(=O)c4ccccc4C3=O)[C@H]1C=C2. The van der Waals surface area contributed by atoms with Gasteiger partial charge in [0.2, 0.25) is 0 Å². The Kier molecular flexibility index (Phi) is 5.08. The summed E-state index contributed by atoms with van der Waals surface area (Å²) in [5, 5.41) is 0. The maximum atomic E-state index is 15.8. The molecule has 4 aromatic rings. The van der Waals surface area contributed by atoms with Crippen LogP contribution >= 0.6 is 0 Å². The van der Waals surface area contributed by atoms with E-state index in [2.05, 4.69) is 0 Å². The monoisotopic (exact) mass is 513 g/mol. The third kappa shape index (κ3) is 3.07. The Morgan fingerprint density at radius 3 is 2.15 bits per heavy atom. The Labute approximate surface area is 225 Å². The van der Waals surface area contributed by atoms with E-state index in [0.717, 1.165) is 16.8 Å². The van der Waals surface area contributed by atoms with Gasteiger partial charge in [0.05, 0.1) is 6.04 Å². The average Bonchev–Trinajstić information content (AvgIpc) is 3.39. The number of aryl methyl sites for hydroxylation is 1.